The van der Waals surface area contributed by atoms with E-state index < -0.39 is 0 Å². The maximum atomic E-state index is 8.65. The van der Waals surface area contributed by atoms with Gasteiger partial charge in [0.15, 0.2) is 0 Å². The van der Waals surface area contributed by atoms with E-state index in [0.717, 1.165) is 19.8 Å². The molecule has 0 spiro atoms. The fraction of sp³-hybridized carbons (Fsp3) is 0.750. The minimum absolute atomic E-state index is 0. The van der Waals surface area contributed by atoms with Gasteiger partial charge < -0.3 is 14.9 Å². The number of hydrogen-bond donors (Lipinski definition) is 1. The van der Waals surface area contributed by atoms with Crippen LogP contribution in [0.4, 0.5) is 0 Å². The van der Waals surface area contributed by atoms with Crippen molar-refractivity contribution in [2.45, 2.75) is 13.3 Å². The largest absolute Gasteiger partial charge is 0.395 e. The average Bonchev–Trinajstić information content (AvgIpc) is 2.38. The van der Waals surface area contributed by atoms with Crippen molar-refractivity contribution in [1.29, 1.82) is 0 Å². The number of halogens is 1. The lowest BCUT2D eigenvalue weighted by Crippen LogP contribution is -2.27. The topological polar surface area (TPSA) is 26.7 Å². The molecule has 0 saturated carbocycles. The Morgan fingerprint density at radius 1 is 1.25 bits per heavy atom. The molecule has 0 amide bonds. The highest BCUT2D eigenvalue weighted by Crippen LogP contribution is 2.05. The zero-order valence-electron chi connectivity index (χ0n) is 7.44. The Morgan fingerprint density at radius 3 is 2.33 bits per heavy atom. The van der Waals surface area contributed by atoms with Gasteiger partial charge in [0, 0.05) is 25.5 Å². The summed E-state index contributed by atoms with van der Waals surface area (Å²) in [6.07, 6.45) is 5.29. The normalized spacial score (nSPS) is 15.2. The number of rotatable bonds is 4. The van der Waals surface area contributed by atoms with E-state index in [1.54, 1.807) is 0 Å². The summed E-state index contributed by atoms with van der Waals surface area (Å²) < 4.78 is 0. The van der Waals surface area contributed by atoms with Gasteiger partial charge in [0.05, 0.1) is 13.3 Å². The molecular formula is C8H17BrN2O. The van der Waals surface area contributed by atoms with Gasteiger partial charge in [-0.05, 0) is 6.42 Å². The van der Waals surface area contributed by atoms with Crippen LogP contribution in [0.1, 0.15) is 13.3 Å². The summed E-state index contributed by atoms with van der Waals surface area (Å²) in [6.45, 7) is 5.20. The van der Waals surface area contributed by atoms with E-state index in [-0.39, 0.29) is 23.6 Å². The van der Waals surface area contributed by atoms with Crippen molar-refractivity contribution in [2.24, 2.45) is 0 Å². The van der Waals surface area contributed by atoms with Crippen molar-refractivity contribution in [1.82, 2.24) is 9.80 Å². The van der Waals surface area contributed by atoms with Gasteiger partial charge in [-0.15, -0.1) is 17.0 Å². The Balaban J connectivity index is 0.00000121. The standard InChI is InChI=1S/C8H16N2O.BrH/c1-2-3-9-4-5-10(8-9)6-7-11;/h4-5,11H,2-3,6-8H2,1H3;1H. The molecule has 1 aliphatic heterocycles. The Hall–Kier alpha value is -0.220. The van der Waals surface area contributed by atoms with E-state index >= 15 is 0 Å². The van der Waals surface area contributed by atoms with Crippen LogP contribution >= 0.6 is 17.0 Å². The number of nitrogens with zero attached hydrogens (tertiary/aromatic N) is 2. The summed E-state index contributed by atoms with van der Waals surface area (Å²) in [5, 5.41) is 8.65. The Labute approximate surface area is 84.4 Å². The van der Waals surface area contributed by atoms with Crippen LogP contribution in [-0.4, -0.2) is 41.3 Å². The first-order chi connectivity index (χ1) is 5.36. The molecule has 0 aliphatic carbocycles. The van der Waals surface area contributed by atoms with E-state index in [4.69, 9.17) is 5.11 Å². The Morgan fingerprint density at radius 2 is 1.83 bits per heavy atom. The molecule has 1 rings (SSSR count). The minimum atomic E-state index is 0. The number of β-amino-alcohol motifs (C(OH)–C–C–N with tert-alkyl or cyclic N) is 1. The second-order valence-electron chi connectivity index (χ2n) is 2.79. The molecule has 0 aromatic carbocycles. The fourth-order valence-corrected chi connectivity index (χ4v) is 1.22. The third-order valence-electron chi connectivity index (χ3n) is 1.75. The molecule has 1 heterocycles. The van der Waals surface area contributed by atoms with Crippen LogP contribution in [0.25, 0.3) is 0 Å². The second kappa shape index (κ2) is 6.31. The summed E-state index contributed by atoms with van der Waals surface area (Å²) in [7, 11) is 0. The van der Waals surface area contributed by atoms with Crippen LogP contribution in [0.5, 0.6) is 0 Å². The van der Waals surface area contributed by atoms with E-state index in [0.29, 0.717) is 0 Å². The third kappa shape index (κ3) is 3.45. The smallest absolute Gasteiger partial charge is 0.0894 e. The monoisotopic (exact) mass is 236 g/mol. The Bertz CT molecular complexity index is 127. The third-order valence-corrected chi connectivity index (χ3v) is 1.75. The molecule has 0 radical (unpaired) electrons. The molecule has 0 unspecified atom stereocenters. The van der Waals surface area contributed by atoms with E-state index in [1.807, 2.05) is 6.20 Å². The van der Waals surface area contributed by atoms with Crippen molar-refractivity contribution in [3.05, 3.63) is 12.4 Å². The van der Waals surface area contributed by atoms with Gasteiger partial charge in [-0.25, -0.2) is 0 Å². The molecule has 0 saturated heterocycles. The summed E-state index contributed by atoms with van der Waals surface area (Å²) in [6, 6.07) is 0. The molecule has 0 atom stereocenters. The number of aliphatic hydroxyl groups is 1. The van der Waals surface area contributed by atoms with Crippen LogP contribution in [0, 0.1) is 0 Å². The van der Waals surface area contributed by atoms with Crippen molar-refractivity contribution in [3.63, 3.8) is 0 Å². The SMILES string of the molecule is Br.CCCN1C=CN(CCO)C1. The van der Waals surface area contributed by atoms with Crippen LogP contribution in [0.3, 0.4) is 0 Å². The van der Waals surface area contributed by atoms with Gasteiger partial charge in [0.25, 0.3) is 0 Å². The van der Waals surface area contributed by atoms with Crippen LogP contribution in [0.2, 0.25) is 0 Å². The molecule has 4 heteroatoms. The van der Waals surface area contributed by atoms with Crippen LogP contribution in [0.15, 0.2) is 12.4 Å². The highest BCUT2D eigenvalue weighted by molar-refractivity contribution is 8.93. The summed E-state index contributed by atoms with van der Waals surface area (Å²) in [5.74, 6) is 0. The maximum absolute atomic E-state index is 8.65. The van der Waals surface area contributed by atoms with E-state index in [2.05, 4.69) is 22.9 Å². The lowest BCUT2D eigenvalue weighted by Gasteiger charge is -2.19. The van der Waals surface area contributed by atoms with Crippen molar-refractivity contribution >= 4 is 17.0 Å². The highest BCUT2D eigenvalue weighted by atomic mass is 79.9. The van der Waals surface area contributed by atoms with E-state index in [1.165, 1.54) is 6.42 Å². The molecule has 3 nitrogen and oxygen atoms in total. The zero-order valence-corrected chi connectivity index (χ0v) is 9.15. The summed E-state index contributed by atoms with van der Waals surface area (Å²) in [5.41, 5.74) is 0. The van der Waals surface area contributed by atoms with Gasteiger partial charge in [0.2, 0.25) is 0 Å². The van der Waals surface area contributed by atoms with Crippen molar-refractivity contribution < 1.29 is 5.11 Å². The molecule has 0 fully saturated rings. The first-order valence-electron chi connectivity index (χ1n) is 4.14. The van der Waals surface area contributed by atoms with Gasteiger partial charge in [-0.3, -0.25) is 0 Å². The average molecular weight is 237 g/mol. The molecule has 1 aliphatic rings. The number of hydrogen-bond acceptors (Lipinski definition) is 3. The van der Waals surface area contributed by atoms with Gasteiger partial charge in [-0.2, -0.15) is 0 Å². The first-order valence-corrected chi connectivity index (χ1v) is 4.14. The molecule has 72 valence electrons. The molecule has 0 aromatic rings. The zero-order chi connectivity index (χ0) is 8.10. The predicted molar refractivity (Wildman–Crippen MR) is 55.1 cm³/mol. The van der Waals surface area contributed by atoms with Crippen LogP contribution in [-0.2, 0) is 0 Å². The summed E-state index contributed by atoms with van der Waals surface area (Å²) in [4.78, 5) is 4.35. The quantitative estimate of drug-likeness (QED) is 0.790. The summed E-state index contributed by atoms with van der Waals surface area (Å²) >= 11 is 0. The van der Waals surface area contributed by atoms with Gasteiger partial charge in [-0.1, -0.05) is 6.92 Å². The molecule has 1 N–H and O–H groups in total. The first kappa shape index (κ1) is 11.8. The molecule has 12 heavy (non-hydrogen) atoms. The van der Waals surface area contributed by atoms with Crippen molar-refractivity contribution in [2.75, 3.05) is 26.4 Å². The van der Waals surface area contributed by atoms with Gasteiger partial charge in [0.1, 0.15) is 0 Å². The Kier molecular flexibility index (Phi) is 6.20. The van der Waals surface area contributed by atoms with Crippen molar-refractivity contribution in [3.8, 4) is 0 Å². The van der Waals surface area contributed by atoms with Crippen LogP contribution < -0.4 is 0 Å². The molecule has 0 aromatic heterocycles. The predicted octanol–water partition coefficient (Wildman–Crippen LogP) is 1.01. The lowest BCUT2D eigenvalue weighted by atomic mass is 10.4. The lowest BCUT2D eigenvalue weighted by molar-refractivity contribution is 0.206. The van der Waals surface area contributed by atoms with E-state index in [9.17, 15) is 0 Å². The fourth-order valence-electron chi connectivity index (χ4n) is 1.22. The second-order valence-corrected chi connectivity index (χ2v) is 2.79. The highest BCUT2D eigenvalue weighted by Gasteiger charge is 2.09. The molecular weight excluding hydrogens is 220 g/mol. The molecule has 0 bridgehead atoms. The van der Waals surface area contributed by atoms with Gasteiger partial charge >= 0.3 is 0 Å². The minimum Gasteiger partial charge on any atom is -0.395 e. The number of aliphatic hydroxyl groups excluding tert-OH is 1. The maximum Gasteiger partial charge on any atom is 0.0894 e.